The Morgan fingerprint density at radius 1 is 0.957 bits per heavy atom. The Labute approximate surface area is 134 Å². The number of carbonyl (C=O) groups excluding carboxylic acids is 1. The molecule has 2 aromatic carbocycles. The van der Waals surface area contributed by atoms with Crippen molar-refractivity contribution in [3.63, 3.8) is 0 Å². The van der Waals surface area contributed by atoms with E-state index in [0.717, 1.165) is 22.3 Å². The van der Waals surface area contributed by atoms with Gasteiger partial charge in [0.1, 0.15) is 0 Å². The van der Waals surface area contributed by atoms with Crippen LogP contribution in [0.25, 0.3) is 22.5 Å². The standard InChI is InChI=1S/C18H18N4O/c1-18(2,3)16(23)13-9-7-12(8-10-13)14-5-4-6-15(11-14)17-19-21-22-20-17/h4-11H,1-3H3,(H,19,20,21,22). The lowest BCUT2D eigenvalue weighted by molar-refractivity contribution is 0.0858. The van der Waals surface area contributed by atoms with Gasteiger partial charge in [-0.25, -0.2) is 5.10 Å². The minimum absolute atomic E-state index is 0.144. The molecule has 0 bridgehead atoms. The van der Waals surface area contributed by atoms with E-state index in [-0.39, 0.29) is 11.2 Å². The summed E-state index contributed by atoms with van der Waals surface area (Å²) < 4.78 is 0. The summed E-state index contributed by atoms with van der Waals surface area (Å²) in [5.74, 6) is 0.775. The number of aromatic nitrogens is 4. The van der Waals surface area contributed by atoms with Gasteiger partial charge in [-0.3, -0.25) is 4.79 Å². The van der Waals surface area contributed by atoms with Crippen LogP contribution in [0.1, 0.15) is 31.1 Å². The Hall–Kier alpha value is -2.82. The van der Waals surface area contributed by atoms with Crippen LogP contribution in [0.2, 0.25) is 0 Å². The fourth-order valence-corrected chi connectivity index (χ4v) is 2.37. The maximum absolute atomic E-state index is 12.3. The highest BCUT2D eigenvalue weighted by Gasteiger charge is 2.22. The molecule has 0 amide bonds. The lowest BCUT2D eigenvalue weighted by atomic mass is 9.86. The fraction of sp³-hybridized carbons (Fsp3) is 0.222. The Balaban J connectivity index is 1.91. The summed E-state index contributed by atoms with van der Waals surface area (Å²) in [6.45, 7) is 5.79. The molecule has 23 heavy (non-hydrogen) atoms. The van der Waals surface area contributed by atoms with Crippen molar-refractivity contribution in [1.82, 2.24) is 20.6 Å². The van der Waals surface area contributed by atoms with Crippen LogP contribution in [0.5, 0.6) is 0 Å². The second-order valence-corrected chi connectivity index (χ2v) is 6.49. The molecule has 0 unspecified atom stereocenters. The summed E-state index contributed by atoms with van der Waals surface area (Å²) >= 11 is 0. The molecule has 0 aliphatic rings. The molecule has 5 heteroatoms. The van der Waals surface area contributed by atoms with E-state index in [0.29, 0.717) is 5.82 Å². The Morgan fingerprint density at radius 2 is 1.65 bits per heavy atom. The van der Waals surface area contributed by atoms with E-state index in [4.69, 9.17) is 0 Å². The maximum Gasteiger partial charge on any atom is 0.179 e. The van der Waals surface area contributed by atoms with Gasteiger partial charge in [-0.15, -0.1) is 5.10 Å². The third-order valence-corrected chi connectivity index (χ3v) is 3.64. The topological polar surface area (TPSA) is 71.5 Å². The normalized spacial score (nSPS) is 11.4. The molecular formula is C18H18N4O. The van der Waals surface area contributed by atoms with Crippen molar-refractivity contribution >= 4 is 5.78 Å². The molecule has 3 aromatic rings. The first-order chi connectivity index (χ1) is 10.9. The zero-order chi connectivity index (χ0) is 16.4. The zero-order valence-corrected chi connectivity index (χ0v) is 13.4. The van der Waals surface area contributed by atoms with Gasteiger partial charge < -0.3 is 0 Å². The average Bonchev–Trinajstić information content (AvgIpc) is 3.08. The zero-order valence-electron chi connectivity index (χ0n) is 13.4. The highest BCUT2D eigenvalue weighted by molar-refractivity contribution is 6.00. The van der Waals surface area contributed by atoms with Gasteiger partial charge in [-0.1, -0.05) is 63.2 Å². The van der Waals surface area contributed by atoms with Crippen LogP contribution >= 0.6 is 0 Å². The summed E-state index contributed by atoms with van der Waals surface area (Å²) in [6, 6.07) is 15.6. The van der Waals surface area contributed by atoms with Crippen molar-refractivity contribution in [1.29, 1.82) is 0 Å². The van der Waals surface area contributed by atoms with Crippen molar-refractivity contribution in [2.45, 2.75) is 20.8 Å². The molecule has 0 aliphatic carbocycles. The maximum atomic E-state index is 12.3. The minimum Gasteiger partial charge on any atom is -0.294 e. The third-order valence-electron chi connectivity index (χ3n) is 3.64. The fourth-order valence-electron chi connectivity index (χ4n) is 2.37. The first-order valence-corrected chi connectivity index (χ1v) is 7.44. The van der Waals surface area contributed by atoms with Crippen molar-refractivity contribution < 1.29 is 4.79 Å². The first-order valence-electron chi connectivity index (χ1n) is 7.44. The summed E-state index contributed by atoms with van der Waals surface area (Å²) in [5.41, 5.74) is 3.37. The molecule has 0 atom stereocenters. The van der Waals surface area contributed by atoms with Crippen molar-refractivity contribution in [3.05, 3.63) is 54.1 Å². The molecular weight excluding hydrogens is 288 g/mol. The number of carbonyl (C=O) groups is 1. The lowest BCUT2D eigenvalue weighted by Gasteiger charge is -2.16. The third kappa shape index (κ3) is 3.18. The van der Waals surface area contributed by atoms with Gasteiger partial charge in [-0.2, -0.15) is 0 Å². The first kappa shape index (κ1) is 15.1. The molecule has 5 nitrogen and oxygen atoms in total. The number of benzene rings is 2. The predicted octanol–water partition coefficient (Wildman–Crippen LogP) is 3.76. The largest absolute Gasteiger partial charge is 0.294 e. The predicted molar refractivity (Wildman–Crippen MR) is 88.8 cm³/mol. The van der Waals surface area contributed by atoms with Crippen LogP contribution < -0.4 is 0 Å². The quantitative estimate of drug-likeness (QED) is 0.748. The number of Topliss-reactive ketones (excluding diaryl/α,β-unsaturated/α-hetero) is 1. The van der Waals surface area contributed by atoms with Crippen molar-refractivity contribution in [2.24, 2.45) is 5.41 Å². The van der Waals surface area contributed by atoms with E-state index in [1.165, 1.54) is 0 Å². The summed E-state index contributed by atoms with van der Waals surface area (Å²) in [7, 11) is 0. The number of tetrazole rings is 1. The SMILES string of the molecule is CC(C)(C)C(=O)c1ccc(-c2cccc(-c3nnn[nH]3)c2)cc1. The second-order valence-electron chi connectivity index (χ2n) is 6.49. The number of rotatable bonds is 3. The Kier molecular flexibility index (Phi) is 3.78. The average molecular weight is 306 g/mol. The molecule has 0 fully saturated rings. The van der Waals surface area contributed by atoms with Gasteiger partial charge in [0.25, 0.3) is 0 Å². The number of nitrogens with zero attached hydrogens (tertiary/aromatic N) is 3. The van der Waals surface area contributed by atoms with Gasteiger partial charge in [0.05, 0.1) is 0 Å². The van der Waals surface area contributed by atoms with Crippen molar-refractivity contribution in [3.8, 4) is 22.5 Å². The van der Waals surface area contributed by atoms with E-state index in [9.17, 15) is 4.79 Å². The molecule has 3 rings (SSSR count). The minimum atomic E-state index is -0.374. The van der Waals surface area contributed by atoms with Crippen LogP contribution in [0.15, 0.2) is 48.5 Å². The van der Waals surface area contributed by atoms with E-state index < -0.39 is 0 Å². The molecule has 0 saturated heterocycles. The number of hydrogen-bond acceptors (Lipinski definition) is 4. The monoisotopic (exact) mass is 306 g/mol. The number of nitrogens with one attached hydrogen (secondary N) is 1. The van der Waals surface area contributed by atoms with Gasteiger partial charge >= 0.3 is 0 Å². The number of ketones is 1. The molecule has 0 saturated carbocycles. The van der Waals surface area contributed by atoms with Gasteiger partial charge in [0, 0.05) is 16.5 Å². The van der Waals surface area contributed by atoms with Crippen LogP contribution in [-0.2, 0) is 0 Å². The number of hydrogen-bond donors (Lipinski definition) is 1. The highest BCUT2D eigenvalue weighted by atomic mass is 16.1. The smallest absolute Gasteiger partial charge is 0.179 e. The molecule has 0 radical (unpaired) electrons. The van der Waals surface area contributed by atoms with Crippen LogP contribution in [0, 0.1) is 5.41 Å². The molecule has 1 N–H and O–H groups in total. The Bertz CT molecular complexity index is 815. The molecule has 0 aliphatic heterocycles. The summed E-state index contributed by atoms with van der Waals surface area (Å²) in [5, 5.41) is 13.9. The van der Waals surface area contributed by atoms with Gasteiger partial charge in [0.2, 0.25) is 0 Å². The second kappa shape index (κ2) is 5.76. The molecule has 1 heterocycles. The van der Waals surface area contributed by atoms with E-state index in [1.807, 2.05) is 69.3 Å². The Morgan fingerprint density at radius 3 is 2.26 bits per heavy atom. The highest BCUT2D eigenvalue weighted by Crippen LogP contribution is 2.26. The van der Waals surface area contributed by atoms with Crippen LogP contribution in [0.4, 0.5) is 0 Å². The number of H-pyrrole nitrogens is 1. The molecule has 1 aromatic heterocycles. The van der Waals surface area contributed by atoms with Crippen LogP contribution in [0.3, 0.4) is 0 Å². The van der Waals surface area contributed by atoms with E-state index in [1.54, 1.807) is 0 Å². The number of aromatic amines is 1. The van der Waals surface area contributed by atoms with Gasteiger partial charge in [0.15, 0.2) is 11.6 Å². The van der Waals surface area contributed by atoms with Gasteiger partial charge in [-0.05, 0) is 27.6 Å². The van der Waals surface area contributed by atoms with Crippen LogP contribution in [-0.4, -0.2) is 26.4 Å². The van der Waals surface area contributed by atoms with E-state index in [2.05, 4.69) is 20.6 Å². The lowest BCUT2D eigenvalue weighted by Crippen LogP contribution is -2.19. The molecule has 116 valence electrons. The van der Waals surface area contributed by atoms with E-state index >= 15 is 0 Å². The van der Waals surface area contributed by atoms with Crippen molar-refractivity contribution in [2.75, 3.05) is 0 Å². The summed E-state index contributed by atoms with van der Waals surface area (Å²) in [6.07, 6.45) is 0. The molecule has 0 spiro atoms. The summed E-state index contributed by atoms with van der Waals surface area (Å²) in [4.78, 5) is 12.3.